The molecule has 0 saturated heterocycles. The molecule has 3 heterocycles. The van der Waals surface area contributed by atoms with Crippen LogP contribution in [0.3, 0.4) is 0 Å². The molecule has 1 unspecified atom stereocenters. The second-order valence-corrected chi connectivity index (χ2v) is 8.02. The number of nitrogens with zero attached hydrogens (tertiary/aromatic N) is 2. The first-order chi connectivity index (χ1) is 14.0. The fourth-order valence-corrected chi connectivity index (χ4v) is 4.36. The summed E-state index contributed by atoms with van der Waals surface area (Å²) in [6.07, 6.45) is 1.60. The summed E-state index contributed by atoms with van der Waals surface area (Å²) in [5, 5.41) is 2.49. The Morgan fingerprint density at radius 1 is 1.34 bits per heavy atom. The van der Waals surface area contributed by atoms with Crippen LogP contribution in [-0.4, -0.2) is 29.0 Å². The molecule has 150 valence electrons. The van der Waals surface area contributed by atoms with Gasteiger partial charge in [-0.05, 0) is 39.1 Å². The Morgan fingerprint density at radius 2 is 2.17 bits per heavy atom. The Bertz CT molecular complexity index is 1190. The van der Waals surface area contributed by atoms with Gasteiger partial charge in [0.05, 0.1) is 24.8 Å². The highest BCUT2D eigenvalue weighted by Crippen LogP contribution is 2.32. The van der Waals surface area contributed by atoms with Crippen LogP contribution < -0.4 is 10.3 Å². The van der Waals surface area contributed by atoms with E-state index in [2.05, 4.69) is 22.9 Å². The smallest absolute Gasteiger partial charge is 0.260 e. The van der Waals surface area contributed by atoms with Crippen LogP contribution in [0.1, 0.15) is 29.9 Å². The number of rotatable bonds is 6. The molecular weight excluding hydrogens is 386 g/mol. The van der Waals surface area contributed by atoms with Gasteiger partial charge < -0.3 is 14.1 Å². The lowest BCUT2D eigenvalue weighted by Gasteiger charge is -2.25. The van der Waals surface area contributed by atoms with Crippen LogP contribution in [0.2, 0.25) is 0 Å². The molecule has 29 heavy (non-hydrogen) atoms. The minimum Gasteiger partial charge on any atom is -0.496 e. The van der Waals surface area contributed by atoms with Gasteiger partial charge in [-0.25, -0.2) is 4.98 Å². The third-order valence-corrected chi connectivity index (χ3v) is 6.03. The molecule has 1 N–H and O–H groups in total. The lowest BCUT2D eigenvalue weighted by atomic mass is 10.1. The number of furan rings is 1. The Hall–Kier alpha value is -2.90. The maximum Gasteiger partial charge on any atom is 0.260 e. The molecule has 0 aliphatic rings. The van der Waals surface area contributed by atoms with Gasteiger partial charge in [-0.15, -0.1) is 11.3 Å². The number of aromatic amines is 1. The highest BCUT2D eigenvalue weighted by molar-refractivity contribution is 7.17. The number of methoxy groups -OCH3 is 1. The van der Waals surface area contributed by atoms with Crippen molar-refractivity contribution < 1.29 is 9.15 Å². The van der Waals surface area contributed by atoms with Gasteiger partial charge >= 0.3 is 0 Å². The molecular formula is C22H23N3O3S. The van der Waals surface area contributed by atoms with Gasteiger partial charge in [-0.2, -0.15) is 0 Å². The summed E-state index contributed by atoms with van der Waals surface area (Å²) in [7, 11) is 3.69. The zero-order valence-electron chi connectivity index (χ0n) is 16.9. The van der Waals surface area contributed by atoms with E-state index in [0.717, 1.165) is 16.9 Å². The molecule has 4 aromatic rings. The summed E-state index contributed by atoms with van der Waals surface area (Å²) in [4.78, 5) is 23.4. The zero-order chi connectivity index (χ0) is 20.5. The first-order valence-electron chi connectivity index (χ1n) is 9.37. The summed E-state index contributed by atoms with van der Waals surface area (Å²) in [6, 6.07) is 9.72. The van der Waals surface area contributed by atoms with Crippen LogP contribution in [0.4, 0.5) is 0 Å². The lowest BCUT2D eigenvalue weighted by Crippen LogP contribution is -2.26. The third kappa shape index (κ3) is 3.71. The van der Waals surface area contributed by atoms with Gasteiger partial charge in [0.1, 0.15) is 22.2 Å². The SMILES string of the molecule is COc1ccc(C)cc1CN(C)C(C)c1nc2scc(-c3ccco3)c2c(=O)[nH]1. The van der Waals surface area contributed by atoms with Crippen molar-refractivity contribution in [2.24, 2.45) is 0 Å². The third-order valence-electron chi connectivity index (χ3n) is 5.16. The van der Waals surface area contributed by atoms with Crippen molar-refractivity contribution >= 4 is 21.6 Å². The summed E-state index contributed by atoms with van der Waals surface area (Å²) < 4.78 is 11.0. The van der Waals surface area contributed by atoms with E-state index in [1.54, 1.807) is 13.4 Å². The van der Waals surface area contributed by atoms with Crippen LogP contribution in [0.15, 0.2) is 51.2 Å². The number of H-pyrrole nitrogens is 1. The molecule has 0 amide bonds. The average molecular weight is 410 g/mol. The Balaban J connectivity index is 1.64. The number of nitrogens with one attached hydrogen (secondary N) is 1. The van der Waals surface area contributed by atoms with E-state index in [1.807, 2.05) is 43.6 Å². The van der Waals surface area contributed by atoms with E-state index in [1.165, 1.54) is 16.9 Å². The second-order valence-electron chi connectivity index (χ2n) is 7.16. The van der Waals surface area contributed by atoms with Crippen LogP contribution in [0, 0.1) is 6.92 Å². The van der Waals surface area contributed by atoms with E-state index >= 15 is 0 Å². The van der Waals surface area contributed by atoms with E-state index in [0.29, 0.717) is 28.3 Å². The largest absolute Gasteiger partial charge is 0.496 e. The predicted molar refractivity (Wildman–Crippen MR) is 116 cm³/mol. The van der Waals surface area contributed by atoms with Crippen molar-refractivity contribution in [1.82, 2.24) is 14.9 Å². The molecule has 4 rings (SSSR count). The highest BCUT2D eigenvalue weighted by atomic mass is 32.1. The van der Waals surface area contributed by atoms with Gasteiger partial charge in [0.15, 0.2) is 0 Å². The van der Waals surface area contributed by atoms with Gasteiger partial charge in [-0.1, -0.05) is 17.7 Å². The van der Waals surface area contributed by atoms with Crippen LogP contribution in [0.5, 0.6) is 5.75 Å². The number of benzene rings is 1. The number of thiophene rings is 1. The van der Waals surface area contributed by atoms with Crippen molar-refractivity contribution in [2.75, 3.05) is 14.2 Å². The van der Waals surface area contributed by atoms with Crippen molar-refractivity contribution in [3.63, 3.8) is 0 Å². The molecule has 1 aromatic carbocycles. The molecule has 3 aromatic heterocycles. The quantitative estimate of drug-likeness (QED) is 0.497. The number of hydrogen-bond acceptors (Lipinski definition) is 6. The Labute approximate surface area is 172 Å². The maximum absolute atomic E-state index is 12.8. The molecule has 0 radical (unpaired) electrons. The van der Waals surface area contributed by atoms with Crippen molar-refractivity contribution in [3.05, 3.63) is 69.3 Å². The van der Waals surface area contributed by atoms with E-state index < -0.39 is 0 Å². The summed E-state index contributed by atoms with van der Waals surface area (Å²) in [5.41, 5.74) is 2.91. The number of aryl methyl sites for hydroxylation is 1. The van der Waals surface area contributed by atoms with Gasteiger partial charge in [0.25, 0.3) is 5.56 Å². The predicted octanol–water partition coefficient (Wildman–Crippen LogP) is 4.75. The minimum absolute atomic E-state index is 0.0773. The molecule has 7 heteroatoms. The average Bonchev–Trinajstić information content (AvgIpc) is 3.37. The van der Waals surface area contributed by atoms with Crippen LogP contribution >= 0.6 is 11.3 Å². The highest BCUT2D eigenvalue weighted by Gasteiger charge is 2.20. The first-order valence-corrected chi connectivity index (χ1v) is 10.2. The topological polar surface area (TPSA) is 71.4 Å². The summed E-state index contributed by atoms with van der Waals surface area (Å²) in [6.45, 7) is 4.77. The Kier molecular flexibility index (Phi) is 5.25. The van der Waals surface area contributed by atoms with Crippen LogP contribution in [-0.2, 0) is 6.54 Å². The number of fused-ring (bicyclic) bond motifs is 1. The number of ether oxygens (including phenoxy) is 1. The zero-order valence-corrected chi connectivity index (χ0v) is 17.7. The first kappa shape index (κ1) is 19.4. The fourth-order valence-electron chi connectivity index (χ4n) is 3.42. The summed E-state index contributed by atoms with van der Waals surface area (Å²) >= 11 is 1.45. The molecule has 6 nitrogen and oxygen atoms in total. The number of aromatic nitrogens is 2. The van der Waals surface area contributed by atoms with E-state index in [9.17, 15) is 4.79 Å². The summed E-state index contributed by atoms with van der Waals surface area (Å²) in [5.74, 6) is 2.17. The normalized spacial score (nSPS) is 12.6. The maximum atomic E-state index is 12.8. The fraction of sp³-hybridized carbons (Fsp3) is 0.273. The minimum atomic E-state index is -0.147. The Morgan fingerprint density at radius 3 is 2.90 bits per heavy atom. The molecule has 0 aliphatic carbocycles. The molecule has 0 fully saturated rings. The second kappa shape index (κ2) is 7.85. The molecule has 0 saturated carbocycles. The number of hydrogen-bond donors (Lipinski definition) is 1. The lowest BCUT2D eigenvalue weighted by molar-refractivity contribution is 0.240. The van der Waals surface area contributed by atoms with Crippen molar-refractivity contribution in [2.45, 2.75) is 26.4 Å². The molecule has 0 aliphatic heterocycles. The van der Waals surface area contributed by atoms with Gasteiger partial charge in [0.2, 0.25) is 0 Å². The molecule has 0 spiro atoms. The van der Waals surface area contributed by atoms with E-state index in [4.69, 9.17) is 14.1 Å². The standard InChI is InChI=1S/C22H23N3O3S/c1-13-7-8-17(27-4)15(10-13)11-25(3)14(2)20-23-21(26)19-16(12-29-22(19)24-20)18-6-5-9-28-18/h5-10,12,14H,11H2,1-4H3,(H,23,24,26). The van der Waals surface area contributed by atoms with Gasteiger partial charge in [-0.3, -0.25) is 9.69 Å². The monoisotopic (exact) mass is 409 g/mol. The van der Waals surface area contributed by atoms with Crippen LogP contribution in [0.25, 0.3) is 21.5 Å². The van der Waals surface area contributed by atoms with Crippen molar-refractivity contribution in [1.29, 1.82) is 0 Å². The van der Waals surface area contributed by atoms with Gasteiger partial charge in [0, 0.05) is 23.1 Å². The molecule has 1 atom stereocenters. The van der Waals surface area contributed by atoms with Crippen molar-refractivity contribution in [3.8, 4) is 17.1 Å². The van der Waals surface area contributed by atoms with E-state index in [-0.39, 0.29) is 11.6 Å². The molecule has 0 bridgehead atoms.